The van der Waals surface area contributed by atoms with Gasteiger partial charge < -0.3 is 9.88 Å². The van der Waals surface area contributed by atoms with Crippen LogP contribution in [0.15, 0.2) is 24.4 Å². The summed E-state index contributed by atoms with van der Waals surface area (Å²) in [6.07, 6.45) is 1.98. The van der Waals surface area contributed by atoms with Crippen molar-refractivity contribution < 1.29 is 0 Å². The first-order valence-electron chi connectivity index (χ1n) is 7.58. The Bertz CT molecular complexity index is 598. The van der Waals surface area contributed by atoms with E-state index < -0.39 is 0 Å². The first-order chi connectivity index (χ1) is 9.74. The molecule has 0 radical (unpaired) electrons. The highest BCUT2D eigenvalue weighted by molar-refractivity contribution is 5.29. The maximum Gasteiger partial charge on any atom is 0.106 e. The van der Waals surface area contributed by atoms with Crippen LogP contribution in [0.1, 0.15) is 49.0 Å². The average Bonchev–Trinajstić information content (AvgIpc) is 2.66. The Labute approximate surface area is 128 Å². The number of aromatic nitrogens is 2. The van der Waals surface area contributed by atoms with Crippen LogP contribution in [-0.4, -0.2) is 15.1 Å². The van der Waals surface area contributed by atoms with Gasteiger partial charge in [0, 0.05) is 24.8 Å². The van der Waals surface area contributed by atoms with Gasteiger partial charge in [-0.25, -0.2) is 4.98 Å². The first-order valence-corrected chi connectivity index (χ1v) is 7.58. The second-order valence-corrected chi connectivity index (χ2v) is 6.98. The van der Waals surface area contributed by atoms with Crippen LogP contribution in [0.5, 0.6) is 0 Å². The molecule has 0 aliphatic rings. The summed E-state index contributed by atoms with van der Waals surface area (Å²) in [4.78, 5) is 4.48. The molecule has 1 aromatic carbocycles. The minimum atomic E-state index is 0.114. The van der Waals surface area contributed by atoms with Gasteiger partial charge in [0.05, 0.1) is 5.69 Å². The third-order valence-electron chi connectivity index (χ3n) is 3.56. The van der Waals surface area contributed by atoms with Crippen LogP contribution in [0, 0.1) is 20.8 Å². The zero-order valence-electron chi connectivity index (χ0n) is 14.1. The van der Waals surface area contributed by atoms with Crippen LogP contribution in [0.25, 0.3) is 0 Å². The Morgan fingerprint density at radius 2 is 1.67 bits per heavy atom. The van der Waals surface area contributed by atoms with E-state index in [1.807, 2.05) is 6.20 Å². The molecule has 0 unspecified atom stereocenters. The van der Waals surface area contributed by atoms with Crippen LogP contribution < -0.4 is 5.32 Å². The summed E-state index contributed by atoms with van der Waals surface area (Å²) >= 11 is 0. The number of benzene rings is 1. The number of hydrogen-bond donors (Lipinski definition) is 1. The maximum absolute atomic E-state index is 4.48. The van der Waals surface area contributed by atoms with Crippen molar-refractivity contribution in [2.45, 2.75) is 60.2 Å². The lowest BCUT2D eigenvalue weighted by Gasteiger charge is -2.21. The van der Waals surface area contributed by atoms with Crippen molar-refractivity contribution in [3.63, 3.8) is 0 Å². The van der Waals surface area contributed by atoms with Gasteiger partial charge in [0.2, 0.25) is 0 Å². The van der Waals surface area contributed by atoms with Crippen LogP contribution in [0.2, 0.25) is 0 Å². The predicted molar refractivity (Wildman–Crippen MR) is 88.6 cm³/mol. The van der Waals surface area contributed by atoms with Crippen LogP contribution >= 0.6 is 0 Å². The number of aryl methyl sites for hydroxylation is 3. The fourth-order valence-corrected chi connectivity index (χ4v) is 2.57. The van der Waals surface area contributed by atoms with Gasteiger partial charge in [-0.2, -0.15) is 0 Å². The molecule has 3 heteroatoms. The lowest BCUT2D eigenvalue weighted by Crippen LogP contribution is -2.35. The third kappa shape index (κ3) is 4.43. The van der Waals surface area contributed by atoms with E-state index in [4.69, 9.17) is 0 Å². The monoisotopic (exact) mass is 285 g/mol. The van der Waals surface area contributed by atoms with Gasteiger partial charge >= 0.3 is 0 Å². The van der Waals surface area contributed by atoms with Crippen LogP contribution in [0.3, 0.4) is 0 Å². The van der Waals surface area contributed by atoms with Crippen molar-refractivity contribution in [3.05, 3.63) is 52.6 Å². The predicted octanol–water partition coefficient (Wildman–Crippen LogP) is 3.74. The van der Waals surface area contributed by atoms with Crippen molar-refractivity contribution in [2.24, 2.45) is 0 Å². The number of nitrogens with zero attached hydrogens (tertiary/aromatic N) is 2. The number of rotatable bonds is 4. The Morgan fingerprint density at radius 3 is 2.24 bits per heavy atom. The molecule has 0 aliphatic heterocycles. The summed E-state index contributed by atoms with van der Waals surface area (Å²) in [5, 5.41) is 3.54. The Kier molecular flexibility index (Phi) is 4.52. The summed E-state index contributed by atoms with van der Waals surface area (Å²) in [6.45, 7) is 14.7. The SMILES string of the molecule is Cc1cc(C)cc(Cn2c(CNC(C)(C)C)cnc2C)c1. The van der Waals surface area contributed by atoms with Crippen molar-refractivity contribution >= 4 is 0 Å². The molecule has 2 aromatic rings. The lowest BCUT2D eigenvalue weighted by atomic mass is 10.1. The van der Waals surface area contributed by atoms with Crippen LogP contribution in [0.4, 0.5) is 0 Å². The Hall–Kier alpha value is -1.61. The summed E-state index contributed by atoms with van der Waals surface area (Å²) in [6, 6.07) is 6.73. The molecule has 1 aromatic heterocycles. The summed E-state index contributed by atoms with van der Waals surface area (Å²) < 4.78 is 2.30. The standard InChI is InChI=1S/C18H27N3/c1-13-7-14(2)9-16(8-13)12-21-15(3)19-10-17(21)11-20-18(4,5)6/h7-10,20H,11-12H2,1-6H3. The van der Waals surface area contributed by atoms with E-state index in [0.717, 1.165) is 18.9 Å². The lowest BCUT2D eigenvalue weighted by molar-refractivity contribution is 0.416. The summed E-state index contributed by atoms with van der Waals surface area (Å²) in [5.41, 5.74) is 5.32. The van der Waals surface area contributed by atoms with Crippen molar-refractivity contribution in [3.8, 4) is 0 Å². The molecule has 0 aliphatic carbocycles. The van der Waals surface area contributed by atoms with Gasteiger partial charge in [0.25, 0.3) is 0 Å². The highest BCUT2D eigenvalue weighted by Crippen LogP contribution is 2.14. The summed E-state index contributed by atoms with van der Waals surface area (Å²) in [7, 11) is 0. The maximum atomic E-state index is 4.48. The molecule has 0 fully saturated rings. The topological polar surface area (TPSA) is 29.9 Å². The molecule has 1 heterocycles. The molecule has 21 heavy (non-hydrogen) atoms. The molecule has 0 spiro atoms. The van der Waals surface area contributed by atoms with Crippen molar-refractivity contribution in [2.75, 3.05) is 0 Å². The largest absolute Gasteiger partial charge is 0.327 e. The minimum absolute atomic E-state index is 0.114. The van der Waals surface area contributed by atoms with Gasteiger partial charge in [-0.15, -0.1) is 0 Å². The molecule has 3 nitrogen and oxygen atoms in total. The Balaban J connectivity index is 2.21. The number of nitrogens with one attached hydrogen (secondary N) is 1. The molecule has 0 atom stereocenters. The van der Waals surface area contributed by atoms with E-state index in [1.54, 1.807) is 0 Å². The highest BCUT2D eigenvalue weighted by Gasteiger charge is 2.12. The van der Waals surface area contributed by atoms with Crippen molar-refractivity contribution in [1.29, 1.82) is 0 Å². The zero-order valence-corrected chi connectivity index (χ0v) is 14.1. The molecular formula is C18H27N3. The van der Waals surface area contributed by atoms with Crippen LogP contribution in [-0.2, 0) is 13.1 Å². The number of hydrogen-bond acceptors (Lipinski definition) is 2. The normalized spacial score (nSPS) is 11.9. The second-order valence-electron chi connectivity index (χ2n) is 6.98. The van der Waals surface area contributed by atoms with Gasteiger partial charge in [-0.3, -0.25) is 0 Å². The molecule has 1 N–H and O–H groups in total. The minimum Gasteiger partial charge on any atom is -0.327 e. The van der Waals surface area contributed by atoms with E-state index in [0.29, 0.717) is 0 Å². The van der Waals surface area contributed by atoms with Crippen molar-refractivity contribution in [1.82, 2.24) is 14.9 Å². The second kappa shape index (κ2) is 6.02. The van der Waals surface area contributed by atoms with E-state index in [9.17, 15) is 0 Å². The molecule has 114 valence electrons. The molecule has 0 saturated carbocycles. The molecule has 0 bridgehead atoms. The fraction of sp³-hybridized carbons (Fsp3) is 0.500. The Morgan fingerprint density at radius 1 is 1.05 bits per heavy atom. The molecule has 0 amide bonds. The highest BCUT2D eigenvalue weighted by atomic mass is 15.1. The zero-order chi connectivity index (χ0) is 15.6. The molecule has 2 rings (SSSR count). The molecular weight excluding hydrogens is 258 g/mol. The third-order valence-corrected chi connectivity index (χ3v) is 3.56. The number of imidazole rings is 1. The quantitative estimate of drug-likeness (QED) is 0.927. The fourth-order valence-electron chi connectivity index (χ4n) is 2.57. The van der Waals surface area contributed by atoms with Gasteiger partial charge in [-0.1, -0.05) is 29.3 Å². The average molecular weight is 285 g/mol. The van der Waals surface area contributed by atoms with E-state index in [1.165, 1.54) is 22.4 Å². The van der Waals surface area contributed by atoms with Gasteiger partial charge in [0.15, 0.2) is 0 Å². The smallest absolute Gasteiger partial charge is 0.106 e. The van der Waals surface area contributed by atoms with Gasteiger partial charge in [0.1, 0.15) is 5.82 Å². The first kappa shape index (κ1) is 15.8. The van der Waals surface area contributed by atoms with E-state index in [2.05, 4.69) is 74.6 Å². The van der Waals surface area contributed by atoms with E-state index in [-0.39, 0.29) is 5.54 Å². The van der Waals surface area contributed by atoms with E-state index >= 15 is 0 Å². The molecule has 0 saturated heterocycles. The summed E-state index contributed by atoms with van der Waals surface area (Å²) in [5.74, 6) is 1.07. The van der Waals surface area contributed by atoms with Gasteiger partial charge in [-0.05, 0) is 47.1 Å².